The van der Waals surface area contributed by atoms with Crippen LogP contribution in [0.3, 0.4) is 0 Å². The summed E-state index contributed by atoms with van der Waals surface area (Å²) in [6.45, 7) is -1.78. The van der Waals surface area contributed by atoms with Crippen LogP contribution in [-0.2, 0) is 13.8 Å². The van der Waals surface area contributed by atoms with E-state index in [-0.39, 0.29) is 51.4 Å². The largest absolute Gasteiger partial charge is 1.00 e. The van der Waals surface area contributed by atoms with Gasteiger partial charge in [-0.15, -0.1) is 0 Å². The number of hydrogen-bond donors (Lipinski definition) is 5. The van der Waals surface area contributed by atoms with E-state index in [0.717, 1.165) is 0 Å². The molecule has 5 N–H and O–H groups in total. The molecule has 0 saturated carbocycles. The van der Waals surface area contributed by atoms with Crippen molar-refractivity contribution in [3.05, 3.63) is 0 Å². The van der Waals surface area contributed by atoms with Crippen LogP contribution in [0, 0.1) is 0 Å². The van der Waals surface area contributed by atoms with E-state index in [4.69, 9.17) is 10.00 Å². The van der Waals surface area contributed by atoms with Crippen LogP contribution in [0.15, 0.2) is 0 Å². The number of ether oxygens (including phenoxy) is 1. The topological polar surface area (TPSA) is 160 Å². The van der Waals surface area contributed by atoms with Gasteiger partial charge in [-0.25, -0.2) is 0 Å². The molecule has 1 heterocycles. The maximum atomic E-state index is 10.3. The van der Waals surface area contributed by atoms with E-state index in [2.05, 4.69) is 9.26 Å². The molecule has 1 aliphatic heterocycles. The molecule has 1 rings (SSSR count). The van der Waals surface area contributed by atoms with Crippen LogP contribution in [0.1, 0.15) is 0 Å². The van der Waals surface area contributed by atoms with E-state index in [1.165, 1.54) is 0 Å². The van der Waals surface area contributed by atoms with Crippen molar-refractivity contribution in [1.29, 1.82) is 0 Å². The summed E-state index contributed by atoms with van der Waals surface area (Å²) in [6.07, 6.45) is -4.85. The molecule has 1 saturated heterocycles. The van der Waals surface area contributed by atoms with E-state index in [1.54, 1.807) is 0 Å². The van der Waals surface area contributed by atoms with Gasteiger partial charge in [0.2, 0.25) is 5.79 Å². The molecular formula is C6H12KO9P. The summed E-state index contributed by atoms with van der Waals surface area (Å²) < 4.78 is 18.8. The van der Waals surface area contributed by atoms with Crippen LogP contribution in [0.25, 0.3) is 0 Å². The number of phosphoric ester groups is 1. The van der Waals surface area contributed by atoms with Gasteiger partial charge in [0.05, 0.1) is 13.2 Å². The molecule has 1 fully saturated rings. The molecule has 0 spiro atoms. The minimum atomic E-state index is -4.98. The molecule has 17 heavy (non-hydrogen) atoms. The second-order valence-corrected chi connectivity index (χ2v) is 4.55. The molecule has 0 bridgehead atoms. The second-order valence-electron chi connectivity index (χ2n) is 3.36. The number of aliphatic hydroxyl groups is 4. The molecule has 11 heteroatoms. The molecule has 0 radical (unpaired) electrons. The molecule has 0 aromatic heterocycles. The number of aliphatic hydroxyl groups excluding tert-OH is 3. The smallest absolute Gasteiger partial charge is 0.756 e. The third kappa shape index (κ3) is 4.86. The van der Waals surface area contributed by atoms with Gasteiger partial charge >= 0.3 is 51.4 Å². The predicted molar refractivity (Wildman–Crippen MR) is 44.7 cm³/mol. The third-order valence-corrected chi connectivity index (χ3v) is 2.63. The summed E-state index contributed by atoms with van der Waals surface area (Å²) in [6, 6.07) is 0. The Morgan fingerprint density at radius 1 is 1.47 bits per heavy atom. The Balaban J connectivity index is 0.00000256. The molecule has 2 unspecified atom stereocenters. The fourth-order valence-corrected chi connectivity index (χ4v) is 1.64. The summed E-state index contributed by atoms with van der Waals surface area (Å²) in [5.74, 6) is -2.38. The Kier molecular flexibility index (Phi) is 7.44. The summed E-state index contributed by atoms with van der Waals surface area (Å²) in [5, 5.41) is 36.7. The normalized spacial score (nSPS) is 40.7. The number of hydrogen-bond acceptors (Lipinski definition) is 8. The van der Waals surface area contributed by atoms with Gasteiger partial charge in [-0.1, -0.05) is 0 Å². The first-order valence-corrected chi connectivity index (χ1v) is 5.75. The standard InChI is InChI=1S/C6H13O9P.K/c7-2-6(10)5(9)4(8)3(15-6)1-14-16(11,12)13;/h3-5,7-10H,1-2H2,(H2,11,12,13);/q;+1/p-1/t3-,4-,5+,6?;/m1./s1. The van der Waals surface area contributed by atoms with Crippen LogP contribution in [-0.4, -0.2) is 62.6 Å². The Hall–Kier alpha value is 1.55. The van der Waals surface area contributed by atoms with Gasteiger partial charge in [-0.2, -0.15) is 0 Å². The Morgan fingerprint density at radius 2 is 2.00 bits per heavy atom. The first-order chi connectivity index (χ1) is 7.19. The summed E-state index contributed by atoms with van der Waals surface area (Å²) >= 11 is 0. The number of rotatable bonds is 4. The summed E-state index contributed by atoms with van der Waals surface area (Å²) in [5.41, 5.74) is 0. The number of phosphoric acid groups is 1. The fraction of sp³-hybridized carbons (Fsp3) is 1.00. The van der Waals surface area contributed by atoms with Crippen molar-refractivity contribution in [2.45, 2.75) is 24.1 Å². The molecular weight excluding hydrogens is 286 g/mol. The molecule has 96 valence electrons. The maximum absolute atomic E-state index is 10.3. The van der Waals surface area contributed by atoms with Crippen molar-refractivity contribution in [2.75, 3.05) is 13.2 Å². The molecule has 0 aromatic rings. The molecule has 0 aliphatic carbocycles. The van der Waals surface area contributed by atoms with Crippen LogP contribution in [0.2, 0.25) is 0 Å². The van der Waals surface area contributed by atoms with Crippen LogP contribution in [0.5, 0.6) is 0 Å². The zero-order valence-corrected chi connectivity index (χ0v) is 13.0. The quantitative estimate of drug-likeness (QED) is 0.251. The van der Waals surface area contributed by atoms with Crippen molar-refractivity contribution in [3.63, 3.8) is 0 Å². The SMILES string of the molecule is O=P([O-])(O)OC[C@H]1OC(O)(CO)[C@@H](O)[C@@H]1O.[K+]. The minimum Gasteiger partial charge on any atom is -0.756 e. The van der Waals surface area contributed by atoms with Crippen LogP contribution < -0.4 is 56.3 Å². The van der Waals surface area contributed by atoms with Crippen molar-refractivity contribution in [2.24, 2.45) is 0 Å². The third-order valence-electron chi connectivity index (χ3n) is 2.15. The monoisotopic (exact) mass is 298 g/mol. The average molecular weight is 298 g/mol. The first-order valence-electron chi connectivity index (χ1n) is 4.25. The van der Waals surface area contributed by atoms with Crippen molar-refractivity contribution < 1.29 is 95.4 Å². The molecule has 0 aromatic carbocycles. The van der Waals surface area contributed by atoms with Crippen molar-refractivity contribution in [3.8, 4) is 0 Å². The van der Waals surface area contributed by atoms with Gasteiger partial charge < -0.3 is 39.5 Å². The van der Waals surface area contributed by atoms with Gasteiger partial charge in [0, 0.05) is 0 Å². The zero-order valence-electron chi connectivity index (χ0n) is 8.96. The Bertz CT molecular complexity index is 295. The van der Waals surface area contributed by atoms with Crippen molar-refractivity contribution in [1.82, 2.24) is 0 Å². The van der Waals surface area contributed by atoms with E-state index < -0.39 is 45.1 Å². The molecule has 1 aliphatic rings. The first kappa shape index (κ1) is 18.5. The zero-order chi connectivity index (χ0) is 12.6. The van der Waals surface area contributed by atoms with E-state index in [1.807, 2.05) is 0 Å². The van der Waals surface area contributed by atoms with Gasteiger partial charge in [-0.05, 0) is 0 Å². The predicted octanol–water partition coefficient (Wildman–Crippen LogP) is -6.73. The van der Waals surface area contributed by atoms with E-state index in [0.29, 0.717) is 0 Å². The molecule has 5 atom stereocenters. The maximum Gasteiger partial charge on any atom is 1.00 e. The van der Waals surface area contributed by atoms with Crippen molar-refractivity contribution >= 4 is 7.82 Å². The van der Waals surface area contributed by atoms with Gasteiger partial charge in [0.25, 0.3) is 7.82 Å². The fourth-order valence-electron chi connectivity index (χ4n) is 1.30. The van der Waals surface area contributed by atoms with Crippen LogP contribution in [0.4, 0.5) is 0 Å². The van der Waals surface area contributed by atoms with Gasteiger partial charge in [-0.3, -0.25) is 4.57 Å². The summed E-state index contributed by atoms with van der Waals surface area (Å²) in [4.78, 5) is 18.5. The van der Waals surface area contributed by atoms with Crippen LogP contribution >= 0.6 is 7.82 Å². The van der Waals surface area contributed by atoms with Gasteiger partial charge in [0.15, 0.2) is 0 Å². The summed E-state index contributed by atoms with van der Waals surface area (Å²) in [7, 11) is -4.98. The Morgan fingerprint density at radius 3 is 2.35 bits per heavy atom. The van der Waals surface area contributed by atoms with E-state index in [9.17, 15) is 24.8 Å². The van der Waals surface area contributed by atoms with Gasteiger partial charge in [0.1, 0.15) is 18.3 Å². The average Bonchev–Trinajstić information content (AvgIpc) is 2.40. The second kappa shape index (κ2) is 6.82. The van der Waals surface area contributed by atoms with E-state index >= 15 is 0 Å². The minimum absolute atomic E-state index is 0. The molecule has 9 nitrogen and oxygen atoms in total. The molecule has 0 amide bonds. The Labute approximate surface area is 139 Å².